The minimum atomic E-state index is -0.736. The molecule has 0 bridgehead atoms. The van der Waals surface area contributed by atoms with E-state index in [0.29, 0.717) is 58.2 Å². The average molecular weight is 796 g/mol. The van der Waals surface area contributed by atoms with Gasteiger partial charge in [0.1, 0.15) is 18.4 Å². The molecule has 6 N–H and O–H groups in total. The molecule has 13 nitrogen and oxygen atoms in total. The molecule has 3 aromatic rings. The molecule has 0 aliphatic carbocycles. The number of thiazole rings is 1. The van der Waals surface area contributed by atoms with Crippen LogP contribution < -0.4 is 21.5 Å². The summed E-state index contributed by atoms with van der Waals surface area (Å²) < 4.78 is 23.7. The smallest absolute Gasteiger partial charge is 0.243 e. The predicted octanol–water partition coefficient (Wildman–Crippen LogP) is 4.68. The molecule has 4 rings (SSSR count). The first-order valence-electron chi connectivity index (χ1n) is 19.5. The Hall–Kier alpha value is -3.92. The molecule has 1 fully saturated rings. The van der Waals surface area contributed by atoms with Crippen molar-refractivity contribution in [2.45, 2.75) is 111 Å². The lowest BCUT2D eigenvalue weighted by molar-refractivity contribution is -0.140. The summed E-state index contributed by atoms with van der Waals surface area (Å²) in [5.74, 6) is -0.165. The summed E-state index contributed by atoms with van der Waals surface area (Å²) in [4.78, 5) is 44.3. The summed E-state index contributed by atoms with van der Waals surface area (Å²) in [6, 6.07) is 13.2. The highest BCUT2D eigenvalue weighted by Crippen LogP contribution is 2.32. The maximum Gasteiger partial charge on any atom is 0.243 e. The van der Waals surface area contributed by atoms with Crippen LogP contribution in [0.4, 0.5) is 0 Å². The van der Waals surface area contributed by atoms with Crippen LogP contribution in [-0.2, 0) is 48.2 Å². The van der Waals surface area contributed by atoms with Crippen LogP contribution in [0.1, 0.15) is 82.2 Å². The number of aliphatic hydroxyl groups is 1. The van der Waals surface area contributed by atoms with Crippen molar-refractivity contribution in [3.63, 3.8) is 0 Å². The normalized spacial score (nSPS) is 16.8. The summed E-state index contributed by atoms with van der Waals surface area (Å²) in [5, 5.41) is 13.3. The largest absolute Gasteiger partial charge is 0.491 e. The van der Waals surface area contributed by atoms with Gasteiger partial charge in [-0.25, -0.2) is 4.98 Å². The van der Waals surface area contributed by atoms with Gasteiger partial charge in [0.15, 0.2) is 0 Å². The number of amides is 3. The molecule has 0 spiro atoms. The second-order valence-corrected chi connectivity index (χ2v) is 16.5. The Labute approximate surface area is 335 Å². The molecule has 3 amide bonds. The number of carbonyl (C=O) groups is 3. The summed E-state index contributed by atoms with van der Waals surface area (Å²) in [7, 11) is 0. The first-order chi connectivity index (χ1) is 26.7. The van der Waals surface area contributed by atoms with Gasteiger partial charge >= 0.3 is 0 Å². The highest BCUT2D eigenvalue weighted by molar-refractivity contribution is 7.13. The molecule has 308 valence electrons. The van der Waals surface area contributed by atoms with Crippen molar-refractivity contribution in [3.05, 3.63) is 70.4 Å². The lowest BCUT2D eigenvalue weighted by atomic mass is 9.91. The van der Waals surface area contributed by atoms with E-state index in [1.165, 1.54) is 10.5 Å². The summed E-state index contributed by atoms with van der Waals surface area (Å²) >= 11 is 1.55. The SMILES string of the molecule is Cc1ncsc1-c1ccc(CNC(=O)[C@@H]2C[C@@H](O)CN2C(=O)CC(C)(C)C)c(OCCOCCOCCCc2ccc(CO[C@H](C)[C@@H](N)CCC(N)=O)cc2)c1. The number of hydrogen-bond donors (Lipinski definition) is 4. The zero-order valence-electron chi connectivity index (χ0n) is 33.6. The van der Waals surface area contributed by atoms with Crippen molar-refractivity contribution < 1.29 is 38.4 Å². The Morgan fingerprint density at radius 1 is 1.04 bits per heavy atom. The predicted molar refractivity (Wildman–Crippen MR) is 217 cm³/mol. The quantitative estimate of drug-likeness (QED) is 0.0983. The number of carbonyl (C=O) groups excluding carboxylic acids is 3. The molecule has 2 aromatic carbocycles. The minimum absolute atomic E-state index is 0.133. The van der Waals surface area contributed by atoms with Crippen molar-refractivity contribution in [1.82, 2.24) is 15.2 Å². The van der Waals surface area contributed by atoms with Crippen LogP contribution in [0.3, 0.4) is 0 Å². The van der Waals surface area contributed by atoms with Gasteiger partial charge in [-0.2, -0.15) is 0 Å². The van der Waals surface area contributed by atoms with E-state index in [0.717, 1.165) is 40.1 Å². The zero-order valence-corrected chi connectivity index (χ0v) is 34.4. The average Bonchev–Trinajstić information content (AvgIpc) is 3.77. The molecule has 4 atom stereocenters. The number of aromatic nitrogens is 1. The Balaban J connectivity index is 1.17. The number of ether oxygens (including phenoxy) is 4. The molecule has 1 saturated heterocycles. The van der Waals surface area contributed by atoms with Gasteiger partial charge in [-0.15, -0.1) is 11.3 Å². The topological polar surface area (TPSA) is 189 Å². The van der Waals surface area contributed by atoms with Gasteiger partial charge in [0, 0.05) is 50.6 Å². The number of β-amino-alcohol motifs (C(OH)–C–C–N with tert-alkyl or cyclic N) is 1. The second kappa shape index (κ2) is 22.1. The van der Waals surface area contributed by atoms with Gasteiger partial charge in [0.25, 0.3) is 0 Å². The molecular formula is C42H61N5O8S. The van der Waals surface area contributed by atoms with Gasteiger partial charge in [-0.1, -0.05) is 57.2 Å². The molecule has 1 aromatic heterocycles. The standard InChI is InChI=1S/C42H61N5O8S/c1-28-40(56-27-46-28)32-12-13-33(24-45-41(51)36-22-34(48)25-47(36)39(50)23-42(3,4)5)37(21-32)54-20-19-53-18-17-52-16-6-7-30-8-10-31(11-9-30)26-55-29(2)35(43)14-15-38(44)49/h8-13,21,27,29,34-36,48H,6-7,14-20,22-26,43H2,1-5H3,(H2,44,49)(H,45,51)/t29-,34-,35+,36+/m1/s1. The van der Waals surface area contributed by atoms with Gasteiger partial charge in [-0.3, -0.25) is 14.4 Å². The fourth-order valence-electron chi connectivity index (χ4n) is 6.36. The number of primary amides is 1. The Morgan fingerprint density at radius 2 is 1.73 bits per heavy atom. The lowest BCUT2D eigenvalue weighted by Gasteiger charge is -2.27. The fourth-order valence-corrected chi connectivity index (χ4v) is 7.16. The number of hydrogen-bond acceptors (Lipinski definition) is 11. The number of nitrogens with one attached hydrogen (secondary N) is 1. The highest BCUT2D eigenvalue weighted by atomic mass is 32.1. The first kappa shape index (κ1) is 44.8. The second-order valence-electron chi connectivity index (χ2n) is 15.7. The van der Waals surface area contributed by atoms with E-state index in [9.17, 15) is 19.5 Å². The van der Waals surface area contributed by atoms with Crippen LogP contribution in [0.2, 0.25) is 0 Å². The van der Waals surface area contributed by atoms with Crippen LogP contribution in [0.25, 0.3) is 10.4 Å². The van der Waals surface area contributed by atoms with Crippen LogP contribution in [0.5, 0.6) is 5.75 Å². The fraction of sp³-hybridized carbons (Fsp3) is 0.571. The van der Waals surface area contributed by atoms with Gasteiger partial charge in [0.2, 0.25) is 17.7 Å². The number of nitrogens with zero attached hydrogens (tertiary/aromatic N) is 2. The number of aliphatic hydroxyl groups excluding tert-OH is 1. The third-order valence-corrected chi connectivity index (χ3v) is 10.6. The maximum atomic E-state index is 13.3. The number of nitrogens with two attached hydrogens (primary N) is 2. The third-order valence-electron chi connectivity index (χ3n) is 9.59. The van der Waals surface area contributed by atoms with Crippen LogP contribution in [0.15, 0.2) is 48.0 Å². The lowest BCUT2D eigenvalue weighted by Crippen LogP contribution is -2.46. The Bertz CT molecular complexity index is 1690. The van der Waals surface area contributed by atoms with Gasteiger partial charge < -0.3 is 45.7 Å². The van der Waals surface area contributed by atoms with Crippen molar-refractivity contribution in [2.24, 2.45) is 16.9 Å². The van der Waals surface area contributed by atoms with E-state index in [1.54, 1.807) is 11.3 Å². The Morgan fingerprint density at radius 3 is 2.41 bits per heavy atom. The molecule has 56 heavy (non-hydrogen) atoms. The molecule has 0 saturated carbocycles. The highest BCUT2D eigenvalue weighted by Gasteiger charge is 2.39. The van der Waals surface area contributed by atoms with E-state index < -0.39 is 12.1 Å². The molecule has 1 aliphatic heterocycles. The van der Waals surface area contributed by atoms with Crippen molar-refractivity contribution >= 4 is 29.1 Å². The zero-order chi connectivity index (χ0) is 40.7. The monoisotopic (exact) mass is 795 g/mol. The van der Waals surface area contributed by atoms with E-state index >= 15 is 0 Å². The molecule has 2 heterocycles. The molecule has 14 heteroatoms. The van der Waals surface area contributed by atoms with Gasteiger partial charge in [-0.05, 0) is 61.3 Å². The van der Waals surface area contributed by atoms with E-state index in [-0.39, 0.29) is 61.2 Å². The summed E-state index contributed by atoms with van der Waals surface area (Å²) in [5.41, 5.74) is 17.8. The molecule has 1 aliphatic rings. The molecule has 0 unspecified atom stereocenters. The summed E-state index contributed by atoms with van der Waals surface area (Å²) in [6.07, 6.45) is 2.12. The van der Waals surface area contributed by atoms with Crippen LogP contribution >= 0.6 is 11.3 Å². The Kier molecular flexibility index (Phi) is 17.7. The van der Waals surface area contributed by atoms with Gasteiger partial charge in [0.05, 0.1) is 54.7 Å². The minimum Gasteiger partial charge on any atom is -0.491 e. The van der Waals surface area contributed by atoms with Crippen molar-refractivity contribution in [2.75, 3.05) is 39.6 Å². The van der Waals surface area contributed by atoms with E-state index in [1.807, 2.05) is 58.3 Å². The maximum absolute atomic E-state index is 13.3. The van der Waals surface area contributed by atoms with Crippen LogP contribution in [0, 0.1) is 12.3 Å². The number of aryl methyl sites for hydroxylation is 2. The first-order valence-corrected chi connectivity index (χ1v) is 20.4. The molecular weight excluding hydrogens is 735 g/mol. The number of rotatable bonds is 23. The third kappa shape index (κ3) is 14.9. The summed E-state index contributed by atoms with van der Waals surface area (Å²) in [6.45, 7) is 12.8. The van der Waals surface area contributed by atoms with E-state index in [2.05, 4.69) is 34.6 Å². The van der Waals surface area contributed by atoms with E-state index in [4.69, 9.17) is 30.4 Å². The van der Waals surface area contributed by atoms with Crippen molar-refractivity contribution in [1.29, 1.82) is 0 Å². The van der Waals surface area contributed by atoms with Crippen molar-refractivity contribution in [3.8, 4) is 16.2 Å². The van der Waals surface area contributed by atoms with Crippen LogP contribution in [-0.4, -0.2) is 96.6 Å². The number of benzene rings is 2. The molecule has 0 radical (unpaired) electrons. The number of likely N-dealkylation sites (tertiary alicyclic amines) is 1.